The van der Waals surface area contributed by atoms with Crippen molar-refractivity contribution in [1.29, 1.82) is 0 Å². The summed E-state index contributed by atoms with van der Waals surface area (Å²) >= 11 is 1.09. The average Bonchev–Trinajstić information content (AvgIpc) is 3.15. The molecule has 2 heterocycles. The Hall–Kier alpha value is -3.78. The summed E-state index contributed by atoms with van der Waals surface area (Å²) in [6.45, 7) is 3.56. The van der Waals surface area contributed by atoms with Crippen LogP contribution in [-0.4, -0.2) is 26.5 Å². The number of carbonyl (C=O) groups is 2. The molecule has 0 aliphatic carbocycles. The maximum absolute atomic E-state index is 13.3. The quantitative estimate of drug-likeness (QED) is 0.494. The molecule has 7 nitrogen and oxygen atoms in total. The first-order chi connectivity index (χ1) is 14.8. The molecule has 1 amide bonds. The zero-order chi connectivity index (χ0) is 22.1. The van der Waals surface area contributed by atoms with Crippen LogP contribution in [0.5, 0.6) is 0 Å². The van der Waals surface area contributed by atoms with E-state index in [4.69, 9.17) is 0 Å². The van der Waals surface area contributed by atoms with E-state index in [1.165, 1.54) is 9.95 Å². The summed E-state index contributed by atoms with van der Waals surface area (Å²) in [6, 6.07) is 14.7. The van der Waals surface area contributed by atoms with Gasteiger partial charge in [-0.25, -0.2) is 9.78 Å². The fraction of sp³-hybridized carbons (Fsp3) is 0.130. The lowest BCUT2D eigenvalue weighted by Crippen LogP contribution is -2.30. The van der Waals surface area contributed by atoms with Crippen molar-refractivity contribution < 1.29 is 14.7 Å². The number of aromatic nitrogens is 2. The summed E-state index contributed by atoms with van der Waals surface area (Å²) in [6.07, 6.45) is 0. The molecule has 0 bridgehead atoms. The number of amides is 1. The standard InChI is InChI=1S/C23H19N3O4S/c1-13-6-8-15(9-7-13)20-25-21-19(17(12-31-21)23(29)30)22(28)26(20)11-18(27)24-16-5-3-4-14(2)10-16/h3-10,12H,11H2,1-2H3,(H,24,27)(H,29,30). The minimum absolute atomic E-state index is 0.0108. The number of thiophene rings is 1. The van der Waals surface area contributed by atoms with Gasteiger partial charge in [-0.2, -0.15) is 0 Å². The van der Waals surface area contributed by atoms with Crippen LogP contribution in [0.4, 0.5) is 5.69 Å². The third kappa shape index (κ3) is 4.10. The Morgan fingerprint density at radius 2 is 1.84 bits per heavy atom. The molecule has 0 fully saturated rings. The van der Waals surface area contributed by atoms with Gasteiger partial charge in [0.15, 0.2) is 0 Å². The number of aromatic carboxylic acids is 1. The maximum atomic E-state index is 13.3. The summed E-state index contributed by atoms with van der Waals surface area (Å²) in [7, 11) is 0. The third-order valence-corrected chi connectivity index (χ3v) is 5.71. The molecule has 0 spiro atoms. The summed E-state index contributed by atoms with van der Waals surface area (Å²) in [4.78, 5) is 42.5. The van der Waals surface area contributed by atoms with Gasteiger partial charge in [0.1, 0.15) is 17.2 Å². The van der Waals surface area contributed by atoms with Gasteiger partial charge in [-0.05, 0) is 31.5 Å². The van der Waals surface area contributed by atoms with E-state index in [0.717, 1.165) is 22.5 Å². The van der Waals surface area contributed by atoms with E-state index in [-0.39, 0.29) is 17.5 Å². The van der Waals surface area contributed by atoms with Crippen LogP contribution in [0.1, 0.15) is 21.5 Å². The molecule has 0 saturated carbocycles. The van der Waals surface area contributed by atoms with Crippen LogP contribution in [0.3, 0.4) is 0 Å². The van der Waals surface area contributed by atoms with E-state index < -0.39 is 17.4 Å². The molecular weight excluding hydrogens is 414 g/mol. The number of anilines is 1. The van der Waals surface area contributed by atoms with Crippen molar-refractivity contribution in [2.24, 2.45) is 0 Å². The van der Waals surface area contributed by atoms with E-state index in [0.29, 0.717) is 21.9 Å². The number of hydrogen-bond donors (Lipinski definition) is 2. The minimum Gasteiger partial charge on any atom is -0.478 e. The predicted octanol–water partition coefficient (Wildman–Crippen LogP) is 4.08. The average molecular weight is 433 g/mol. The monoisotopic (exact) mass is 433 g/mol. The Bertz CT molecular complexity index is 1370. The first kappa shape index (κ1) is 20.5. The van der Waals surface area contributed by atoms with Crippen molar-refractivity contribution in [3.63, 3.8) is 0 Å². The highest BCUT2D eigenvalue weighted by Gasteiger charge is 2.21. The van der Waals surface area contributed by atoms with E-state index >= 15 is 0 Å². The number of benzene rings is 2. The number of carboxylic acid groups (broad SMARTS) is 1. The number of aryl methyl sites for hydroxylation is 2. The first-order valence-corrected chi connectivity index (χ1v) is 10.4. The second kappa shape index (κ2) is 8.16. The van der Waals surface area contributed by atoms with Crippen LogP contribution in [0.15, 0.2) is 58.7 Å². The van der Waals surface area contributed by atoms with Crippen molar-refractivity contribution >= 4 is 39.1 Å². The van der Waals surface area contributed by atoms with E-state index in [1.807, 2.05) is 56.3 Å². The Labute approximate surface area is 181 Å². The largest absolute Gasteiger partial charge is 0.478 e. The van der Waals surface area contributed by atoms with Crippen LogP contribution >= 0.6 is 11.3 Å². The molecule has 4 aromatic rings. The molecular formula is C23H19N3O4S. The van der Waals surface area contributed by atoms with Crippen LogP contribution in [-0.2, 0) is 11.3 Å². The lowest BCUT2D eigenvalue weighted by atomic mass is 10.1. The molecule has 0 radical (unpaired) electrons. The molecule has 2 aromatic heterocycles. The Balaban J connectivity index is 1.83. The highest BCUT2D eigenvalue weighted by atomic mass is 32.1. The zero-order valence-corrected chi connectivity index (χ0v) is 17.7. The SMILES string of the molecule is Cc1ccc(-c2nc3scc(C(=O)O)c3c(=O)n2CC(=O)Nc2cccc(C)c2)cc1. The highest BCUT2D eigenvalue weighted by molar-refractivity contribution is 7.17. The Morgan fingerprint density at radius 1 is 1.10 bits per heavy atom. The van der Waals surface area contributed by atoms with E-state index in [1.54, 1.807) is 6.07 Å². The lowest BCUT2D eigenvalue weighted by Gasteiger charge is -2.13. The number of rotatable bonds is 5. The first-order valence-electron chi connectivity index (χ1n) is 9.52. The van der Waals surface area contributed by atoms with Gasteiger partial charge in [-0.1, -0.05) is 42.0 Å². The molecule has 0 aliphatic rings. The highest BCUT2D eigenvalue weighted by Crippen LogP contribution is 2.25. The predicted molar refractivity (Wildman–Crippen MR) is 121 cm³/mol. The van der Waals surface area contributed by atoms with Crippen molar-refractivity contribution in [2.75, 3.05) is 5.32 Å². The number of carbonyl (C=O) groups excluding carboxylic acids is 1. The number of fused-ring (bicyclic) bond motifs is 1. The maximum Gasteiger partial charge on any atom is 0.337 e. The van der Waals surface area contributed by atoms with Gasteiger partial charge in [-0.15, -0.1) is 11.3 Å². The molecule has 4 rings (SSSR count). The van der Waals surface area contributed by atoms with Crippen LogP contribution < -0.4 is 10.9 Å². The van der Waals surface area contributed by atoms with Gasteiger partial charge in [0.25, 0.3) is 5.56 Å². The Morgan fingerprint density at radius 3 is 2.52 bits per heavy atom. The fourth-order valence-electron chi connectivity index (χ4n) is 3.32. The van der Waals surface area contributed by atoms with Gasteiger partial charge in [0.05, 0.1) is 10.9 Å². The van der Waals surface area contributed by atoms with Crippen LogP contribution in [0.2, 0.25) is 0 Å². The van der Waals surface area contributed by atoms with Gasteiger partial charge in [-0.3, -0.25) is 14.2 Å². The number of carboxylic acids is 1. The van der Waals surface area contributed by atoms with Gasteiger partial charge in [0.2, 0.25) is 5.91 Å². The van der Waals surface area contributed by atoms with Gasteiger partial charge in [0, 0.05) is 16.6 Å². The molecule has 0 unspecified atom stereocenters. The summed E-state index contributed by atoms with van der Waals surface area (Å²) in [5.41, 5.74) is 2.64. The van der Waals surface area contributed by atoms with Gasteiger partial charge >= 0.3 is 5.97 Å². The molecule has 2 aromatic carbocycles. The molecule has 0 atom stereocenters. The normalized spacial score (nSPS) is 10.9. The summed E-state index contributed by atoms with van der Waals surface area (Å²) in [5.74, 6) is -1.30. The fourth-order valence-corrected chi connectivity index (χ4v) is 4.22. The molecule has 2 N–H and O–H groups in total. The molecule has 156 valence electrons. The Kier molecular flexibility index (Phi) is 5.39. The molecule has 0 saturated heterocycles. The lowest BCUT2D eigenvalue weighted by molar-refractivity contribution is -0.116. The summed E-state index contributed by atoms with van der Waals surface area (Å²) in [5, 5.41) is 13.7. The number of nitrogens with zero attached hydrogens (tertiary/aromatic N) is 2. The molecule has 8 heteroatoms. The van der Waals surface area contributed by atoms with Crippen LogP contribution in [0, 0.1) is 13.8 Å². The van der Waals surface area contributed by atoms with Crippen molar-refractivity contribution in [1.82, 2.24) is 9.55 Å². The third-order valence-electron chi connectivity index (χ3n) is 4.84. The minimum atomic E-state index is -1.20. The van der Waals surface area contributed by atoms with Crippen molar-refractivity contribution in [3.8, 4) is 11.4 Å². The van der Waals surface area contributed by atoms with Crippen molar-refractivity contribution in [2.45, 2.75) is 20.4 Å². The van der Waals surface area contributed by atoms with Crippen molar-refractivity contribution in [3.05, 3.63) is 81.0 Å². The smallest absolute Gasteiger partial charge is 0.337 e. The topological polar surface area (TPSA) is 101 Å². The number of hydrogen-bond acceptors (Lipinski definition) is 5. The molecule has 31 heavy (non-hydrogen) atoms. The zero-order valence-electron chi connectivity index (χ0n) is 16.9. The van der Waals surface area contributed by atoms with Crippen LogP contribution in [0.25, 0.3) is 21.6 Å². The molecule has 0 aliphatic heterocycles. The van der Waals surface area contributed by atoms with E-state index in [2.05, 4.69) is 10.3 Å². The second-order valence-corrected chi connectivity index (χ2v) is 8.10. The van der Waals surface area contributed by atoms with E-state index in [9.17, 15) is 19.5 Å². The van der Waals surface area contributed by atoms with Gasteiger partial charge < -0.3 is 10.4 Å². The number of nitrogens with one attached hydrogen (secondary N) is 1. The second-order valence-electron chi connectivity index (χ2n) is 7.25. The summed E-state index contributed by atoms with van der Waals surface area (Å²) < 4.78 is 1.23.